The SMILES string of the molecule is COC(=O)c1cc(O)c(=O)c2c(O)c(O)c(C)cc2c1. The third kappa shape index (κ3) is 2.01. The third-order valence-corrected chi connectivity index (χ3v) is 2.98. The van der Waals surface area contributed by atoms with Crippen LogP contribution in [0.5, 0.6) is 17.2 Å². The summed E-state index contributed by atoms with van der Waals surface area (Å²) >= 11 is 0. The van der Waals surface area contributed by atoms with Gasteiger partial charge >= 0.3 is 5.97 Å². The number of carbonyl (C=O) groups is 1. The van der Waals surface area contributed by atoms with Crippen LogP contribution >= 0.6 is 0 Å². The largest absolute Gasteiger partial charge is 0.504 e. The van der Waals surface area contributed by atoms with Crippen LogP contribution in [-0.2, 0) is 4.74 Å². The van der Waals surface area contributed by atoms with E-state index < -0.39 is 28.6 Å². The molecule has 0 bridgehead atoms. The minimum atomic E-state index is -0.886. The standard InChI is InChI=1S/C14H12O6/c1-6-3-7-4-8(14(19)20-2)5-9(15)12(17)10(7)13(18)11(6)16/h3-5,16,18H,1-2H3,(H,15,17). The van der Waals surface area contributed by atoms with Gasteiger partial charge in [-0.05, 0) is 36.1 Å². The van der Waals surface area contributed by atoms with Crippen LogP contribution in [0.15, 0.2) is 23.0 Å². The molecule has 2 rings (SSSR count). The molecule has 0 aromatic heterocycles. The van der Waals surface area contributed by atoms with Gasteiger partial charge in [0.15, 0.2) is 17.2 Å². The molecule has 0 saturated heterocycles. The van der Waals surface area contributed by atoms with E-state index in [0.29, 0.717) is 5.56 Å². The summed E-state index contributed by atoms with van der Waals surface area (Å²) in [5.74, 6) is -2.53. The van der Waals surface area contributed by atoms with Crippen molar-refractivity contribution in [3.63, 3.8) is 0 Å². The van der Waals surface area contributed by atoms with Gasteiger partial charge in [0.2, 0.25) is 5.43 Å². The van der Waals surface area contributed by atoms with Crippen LogP contribution in [-0.4, -0.2) is 28.4 Å². The fourth-order valence-electron chi connectivity index (χ4n) is 1.95. The van der Waals surface area contributed by atoms with E-state index in [1.54, 1.807) is 0 Å². The normalized spacial score (nSPS) is 10.5. The number of phenolic OH excluding ortho intramolecular Hbond substituents is 2. The highest BCUT2D eigenvalue weighted by Gasteiger charge is 2.16. The van der Waals surface area contributed by atoms with Crippen LogP contribution in [0.4, 0.5) is 0 Å². The molecule has 0 aliphatic heterocycles. The van der Waals surface area contributed by atoms with E-state index in [1.807, 2.05) is 0 Å². The van der Waals surface area contributed by atoms with Gasteiger partial charge < -0.3 is 20.1 Å². The first-order valence-corrected chi connectivity index (χ1v) is 5.67. The first-order chi connectivity index (χ1) is 9.36. The summed E-state index contributed by atoms with van der Waals surface area (Å²) < 4.78 is 4.54. The van der Waals surface area contributed by atoms with Crippen LogP contribution in [0.25, 0.3) is 10.8 Å². The lowest BCUT2D eigenvalue weighted by Crippen LogP contribution is -2.00. The quantitative estimate of drug-likeness (QED) is 0.537. The molecule has 104 valence electrons. The van der Waals surface area contributed by atoms with Gasteiger partial charge in [-0.25, -0.2) is 4.79 Å². The average molecular weight is 276 g/mol. The number of hydrogen-bond acceptors (Lipinski definition) is 6. The average Bonchev–Trinajstić information content (AvgIpc) is 2.53. The van der Waals surface area contributed by atoms with Crippen molar-refractivity contribution in [2.75, 3.05) is 7.11 Å². The second kappa shape index (κ2) is 4.73. The molecule has 0 radical (unpaired) electrons. The van der Waals surface area contributed by atoms with Crippen LogP contribution < -0.4 is 5.43 Å². The van der Waals surface area contributed by atoms with E-state index in [-0.39, 0.29) is 16.3 Å². The number of benzene rings is 1. The lowest BCUT2D eigenvalue weighted by Gasteiger charge is -2.04. The summed E-state index contributed by atoms with van der Waals surface area (Å²) in [6.45, 7) is 1.53. The van der Waals surface area contributed by atoms with Gasteiger partial charge in [-0.2, -0.15) is 0 Å². The molecule has 0 aliphatic carbocycles. The number of phenols is 2. The maximum Gasteiger partial charge on any atom is 0.338 e. The fraction of sp³-hybridized carbons (Fsp3) is 0.143. The molecule has 2 aromatic carbocycles. The highest BCUT2D eigenvalue weighted by atomic mass is 16.5. The number of fused-ring (bicyclic) bond motifs is 1. The highest BCUT2D eigenvalue weighted by Crippen LogP contribution is 2.35. The van der Waals surface area contributed by atoms with Gasteiger partial charge in [0.25, 0.3) is 0 Å². The van der Waals surface area contributed by atoms with Gasteiger partial charge in [-0.3, -0.25) is 4.79 Å². The molecule has 3 N–H and O–H groups in total. The van der Waals surface area contributed by atoms with E-state index in [4.69, 9.17) is 0 Å². The number of rotatable bonds is 1. The summed E-state index contributed by atoms with van der Waals surface area (Å²) in [6.07, 6.45) is 0. The molecule has 0 spiro atoms. The molecule has 6 heteroatoms. The van der Waals surface area contributed by atoms with Crippen molar-refractivity contribution >= 4 is 16.7 Å². The Morgan fingerprint density at radius 3 is 2.35 bits per heavy atom. The number of hydrogen-bond donors (Lipinski definition) is 3. The van der Waals surface area contributed by atoms with E-state index in [2.05, 4.69) is 4.74 Å². The number of carbonyl (C=O) groups excluding carboxylic acids is 1. The Bertz CT molecular complexity index is 779. The molecule has 6 nitrogen and oxygen atoms in total. The second-order valence-corrected chi connectivity index (χ2v) is 4.30. The second-order valence-electron chi connectivity index (χ2n) is 4.30. The molecule has 0 saturated carbocycles. The van der Waals surface area contributed by atoms with Crippen LogP contribution in [0.1, 0.15) is 15.9 Å². The Labute approximate surface area is 113 Å². The van der Waals surface area contributed by atoms with E-state index in [9.17, 15) is 24.9 Å². The predicted octanol–water partition coefficient (Wildman–Crippen LogP) is 1.41. The third-order valence-electron chi connectivity index (χ3n) is 2.98. The van der Waals surface area contributed by atoms with E-state index in [0.717, 1.165) is 6.07 Å². The minimum absolute atomic E-state index is 0.0402. The Hall–Kier alpha value is -2.76. The van der Waals surface area contributed by atoms with Crippen molar-refractivity contribution in [3.05, 3.63) is 39.5 Å². The number of aryl methyl sites for hydroxylation is 1. The number of methoxy groups -OCH3 is 1. The lowest BCUT2D eigenvalue weighted by molar-refractivity contribution is 0.0600. The van der Waals surface area contributed by atoms with Crippen LogP contribution in [0.2, 0.25) is 0 Å². The molecule has 0 fully saturated rings. The smallest absolute Gasteiger partial charge is 0.338 e. The fourth-order valence-corrected chi connectivity index (χ4v) is 1.95. The zero-order chi connectivity index (χ0) is 15.0. The molecule has 20 heavy (non-hydrogen) atoms. The van der Waals surface area contributed by atoms with Gasteiger partial charge in [0.1, 0.15) is 0 Å². The van der Waals surface area contributed by atoms with Crippen LogP contribution in [0, 0.1) is 6.92 Å². The van der Waals surface area contributed by atoms with Crippen molar-refractivity contribution in [2.45, 2.75) is 6.92 Å². The number of esters is 1. The van der Waals surface area contributed by atoms with Crippen molar-refractivity contribution in [3.8, 4) is 17.2 Å². The first-order valence-electron chi connectivity index (χ1n) is 5.67. The summed E-state index contributed by atoms with van der Waals surface area (Å²) in [4.78, 5) is 23.6. The summed E-state index contributed by atoms with van der Waals surface area (Å²) in [7, 11) is 1.17. The summed E-state index contributed by atoms with van der Waals surface area (Å²) in [6, 6.07) is 3.69. The molecule has 0 unspecified atom stereocenters. The first kappa shape index (κ1) is 13.7. The predicted molar refractivity (Wildman–Crippen MR) is 71.3 cm³/mol. The molecule has 0 amide bonds. The molecule has 0 aliphatic rings. The molecule has 2 aromatic rings. The maximum absolute atomic E-state index is 12.0. The van der Waals surface area contributed by atoms with Crippen LogP contribution in [0.3, 0.4) is 0 Å². The Kier molecular flexibility index (Phi) is 3.23. The van der Waals surface area contributed by atoms with Gasteiger partial charge in [0.05, 0.1) is 18.1 Å². The van der Waals surface area contributed by atoms with Gasteiger partial charge in [0, 0.05) is 0 Å². The maximum atomic E-state index is 12.0. The monoisotopic (exact) mass is 276 g/mol. The highest BCUT2D eigenvalue weighted by molar-refractivity contribution is 5.97. The van der Waals surface area contributed by atoms with Crippen molar-refractivity contribution < 1.29 is 24.9 Å². The number of aromatic hydroxyl groups is 3. The van der Waals surface area contributed by atoms with Crippen molar-refractivity contribution in [1.82, 2.24) is 0 Å². The molecular weight excluding hydrogens is 264 g/mol. The minimum Gasteiger partial charge on any atom is -0.504 e. The van der Waals surface area contributed by atoms with E-state index in [1.165, 1.54) is 26.2 Å². The molecule has 0 atom stereocenters. The zero-order valence-corrected chi connectivity index (χ0v) is 10.8. The van der Waals surface area contributed by atoms with Gasteiger partial charge in [-0.1, -0.05) is 0 Å². The molecule has 0 heterocycles. The summed E-state index contributed by atoms with van der Waals surface area (Å²) in [5, 5.41) is 29.2. The zero-order valence-electron chi connectivity index (χ0n) is 10.8. The van der Waals surface area contributed by atoms with Gasteiger partial charge in [-0.15, -0.1) is 0 Å². The van der Waals surface area contributed by atoms with Crippen molar-refractivity contribution in [2.24, 2.45) is 0 Å². The lowest BCUT2D eigenvalue weighted by atomic mass is 10.1. The van der Waals surface area contributed by atoms with E-state index >= 15 is 0 Å². The Balaban J connectivity index is 3.04. The summed E-state index contributed by atoms with van der Waals surface area (Å²) in [5.41, 5.74) is -0.597. The Morgan fingerprint density at radius 1 is 1.10 bits per heavy atom. The van der Waals surface area contributed by atoms with Crippen molar-refractivity contribution in [1.29, 1.82) is 0 Å². The Morgan fingerprint density at radius 2 is 1.75 bits per heavy atom. The molecular formula is C14H12O6. The topological polar surface area (TPSA) is 104 Å². The number of ether oxygens (including phenoxy) is 1.